The summed E-state index contributed by atoms with van der Waals surface area (Å²) in [4.78, 5) is 24.8. The number of carboxylic acids is 1. The molecule has 0 aromatic rings. The SMILES string of the molecule is O=C(O)C1C=CC(NC(=O)N2CCCCCC2CO)C1. The summed E-state index contributed by atoms with van der Waals surface area (Å²) < 4.78 is 0. The molecule has 0 saturated carbocycles. The van der Waals surface area contributed by atoms with Gasteiger partial charge in [-0.3, -0.25) is 4.79 Å². The van der Waals surface area contributed by atoms with Gasteiger partial charge < -0.3 is 20.4 Å². The molecule has 0 spiro atoms. The highest BCUT2D eigenvalue weighted by atomic mass is 16.4. The Morgan fingerprint density at radius 3 is 2.70 bits per heavy atom. The number of carbonyl (C=O) groups is 2. The molecule has 1 aliphatic heterocycles. The van der Waals surface area contributed by atoms with E-state index in [2.05, 4.69) is 5.32 Å². The molecule has 2 amide bonds. The lowest BCUT2D eigenvalue weighted by molar-refractivity contribution is -0.140. The summed E-state index contributed by atoms with van der Waals surface area (Å²) in [5, 5.41) is 21.2. The maximum atomic E-state index is 12.3. The number of carbonyl (C=O) groups excluding carboxylic acids is 1. The molecule has 0 aromatic heterocycles. The number of likely N-dealkylation sites (tertiary alicyclic amines) is 1. The van der Waals surface area contributed by atoms with Crippen molar-refractivity contribution in [2.24, 2.45) is 5.92 Å². The molecule has 112 valence electrons. The second kappa shape index (κ2) is 6.74. The minimum absolute atomic E-state index is 0.0221. The van der Waals surface area contributed by atoms with Gasteiger partial charge in [-0.05, 0) is 19.3 Å². The molecule has 6 heteroatoms. The Balaban J connectivity index is 1.90. The van der Waals surface area contributed by atoms with Crippen LogP contribution in [-0.4, -0.2) is 52.3 Å². The highest BCUT2D eigenvalue weighted by Crippen LogP contribution is 2.20. The van der Waals surface area contributed by atoms with Gasteiger partial charge in [0.1, 0.15) is 0 Å². The van der Waals surface area contributed by atoms with E-state index in [4.69, 9.17) is 5.11 Å². The molecule has 2 rings (SSSR count). The highest BCUT2D eigenvalue weighted by molar-refractivity contribution is 5.76. The van der Waals surface area contributed by atoms with Crippen LogP contribution in [-0.2, 0) is 4.79 Å². The molecule has 1 saturated heterocycles. The molecular formula is C14H22N2O4. The number of aliphatic carboxylic acids is 1. The summed E-state index contributed by atoms with van der Waals surface area (Å²) >= 11 is 0. The zero-order valence-corrected chi connectivity index (χ0v) is 11.5. The lowest BCUT2D eigenvalue weighted by Crippen LogP contribution is -2.49. The van der Waals surface area contributed by atoms with E-state index in [1.165, 1.54) is 0 Å². The summed E-state index contributed by atoms with van der Waals surface area (Å²) in [7, 11) is 0. The second-order valence-corrected chi connectivity index (χ2v) is 5.50. The smallest absolute Gasteiger partial charge is 0.318 e. The predicted octanol–water partition coefficient (Wildman–Crippen LogP) is 0.962. The van der Waals surface area contributed by atoms with Crippen molar-refractivity contribution < 1.29 is 19.8 Å². The zero-order valence-electron chi connectivity index (χ0n) is 11.5. The zero-order chi connectivity index (χ0) is 14.5. The van der Waals surface area contributed by atoms with Gasteiger partial charge in [0.2, 0.25) is 0 Å². The fourth-order valence-electron chi connectivity index (χ4n) is 2.87. The van der Waals surface area contributed by atoms with Gasteiger partial charge in [-0.1, -0.05) is 25.0 Å². The molecule has 0 bridgehead atoms. The lowest BCUT2D eigenvalue weighted by Gasteiger charge is -2.30. The van der Waals surface area contributed by atoms with E-state index in [-0.39, 0.29) is 24.7 Å². The Kier molecular flexibility index (Phi) is 5.00. The Morgan fingerprint density at radius 2 is 2.05 bits per heavy atom. The van der Waals surface area contributed by atoms with Crippen LogP contribution in [0.3, 0.4) is 0 Å². The first-order valence-electron chi connectivity index (χ1n) is 7.21. The van der Waals surface area contributed by atoms with E-state index in [1.54, 1.807) is 17.1 Å². The number of rotatable bonds is 3. The number of hydrogen-bond acceptors (Lipinski definition) is 3. The van der Waals surface area contributed by atoms with Gasteiger partial charge in [0.15, 0.2) is 0 Å². The molecule has 3 N–H and O–H groups in total. The van der Waals surface area contributed by atoms with E-state index in [1.807, 2.05) is 0 Å². The molecule has 3 atom stereocenters. The van der Waals surface area contributed by atoms with Crippen molar-refractivity contribution >= 4 is 12.0 Å². The third-order valence-electron chi connectivity index (χ3n) is 4.06. The van der Waals surface area contributed by atoms with Gasteiger partial charge in [-0.25, -0.2) is 4.79 Å². The standard InChI is InChI=1S/C14H22N2O4/c17-9-12-4-2-1-3-7-16(12)14(20)15-11-6-5-10(8-11)13(18)19/h5-6,10-12,17H,1-4,7-9H2,(H,15,20)(H,18,19). The van der Waals surface area contributed by atoms with E-state index >= 15 is 0 Å². The number of carboxylic acid groups (broad SMARTS) is 1. The number of hydrogen-bond donors (Lipinski definition) is 3. The monoisotopic (exact) mass is 282 g/mol. The summed E-state index contributed by atoms with van der Waals surface area (Å²) in [5.41, 5.74) is 0. The molecule has 0 aromatic carbocycles. The Bertz CT molecular complexity index is 397. The molecular weight excluding hydrogens is 260 g/mol. The van der Waals surface area contributed by atoms with Crippen molar-refractivity contribution in [3.63, 3.8) is 0 Å². The number of nitrogens with zero attached hydrogens (tertiary/aromatic N) is 1. The van der Waals surface area contributed by atoms with Crippen LogP contribution < -0.4 is 5.32 Å². The van der Waals surface area contributed by atoms with Crippen molar-refractivity contribution in [3.05, 3.63) is 12.2 Å². The predicted molar refractivity (Wildman–Crippen MR) is 73.3 cm³/mol. The number of aliphatic hydroxyl groups excluding tert-OH is 1. The van der Waals surface area contributed by atoms with Crippen LogP contribution in [0.1, 0.15) is 32.1 Å². The van der Waals surface area contributed by atoms with Gasteiger partial charge >= 0.3 is 12.0 Å². The normalized spacial score (nSPS) is 30.1. The fraction of sp³-hybridized carbons (Fsp3) is 0.714. The molecule has 1 aliphatic carbocycles. The lowest BCUT2D eigenvalue weighted by atomic mass is 10.1. The van der Waals surface area contributed by atoms with Gasteiger partial charge in [0, 0.05) is 6.54 Å². The first kappa shape index (κ1) is 14.8. The van der Waals surface area contributed by atoms with Gasteiger partial charge in [0.25, 0.3) is 0 Å². The highest BCUT2D eigenvalue weighted by Gasteiger charge is 2.29. The Hall–Kier alpha value is -1.56. The van der Waals surface area contributed by atoms with Crippen LogP contribution in [0.4, 0.5) is 4.79 Å². The maximum absolute atomic E-state index is 12.3. The molecule has 3 unspecified atom stereocenters. The minimum atomic E-state index is -0.860. The molecule has 1 heterocycles. The van der Waals surface area contributed by atoms with E-state index < -0.39 is 11.9 Å². The summed E-state index contributed by atoms with van der Waals surface area (Å²) in [6, 6.07) is -0.559. The average molecular weight is 282 g/mol. The molecule has 1 fully saturated rings. The largest absolute Gasteiger partial charge is 0.481 e. The molecule has 0 radical (unpaired) electrons. The van der Waals surface area contributed by atoms with Gasteiger partial charge in [-0.15, -0.1) is 0 Å². The van der Waals surface area contributed by atoms with Crippen molar-refractivity contribution in [1.29, 1.82) is 0 Å². The van der Waals surface area contributed by atoms with Crippen LogP contribution >= 0.6 is 0 Å². The molecule has 2 aliphatic rings. The van der Waals surface area contributed by atoms with Crippen LogP contribution in [0.15, 0.2) is 12.2 Å². The van der Waals surface area contributed by atoms with Gasteiger partial charge in [-0.2, -0.15) is 0 Å². The topological polar surface area (TPSA) is 89.9 Å². The average Bonchev–Trinajstić information content (AvgIpc) is 2.75. The minimum Gasteiger partial charge on any atom is -0.481 e. The van der Waals surface area contributed by atoms with Gasteiger partial charge in [0.05, 0.1) is 24.6 Å². The third-order valence-corrected chi connectivity index (χ3v) is 4.06. The van der Waals surface area contributed by atoms with E-state index in [0.717, 1.165) is 25.7 Å². The second-order valence-electron chi connectivity index (χ2n) is 5.50. The van der Waals surface area contributed by atoms with Crippen molar-refractivity contribution in [2.75, 3.05) is 13.2 Å². The number of aliphatic hydroxyl groups is 1. The molecule has 20 heavy (non-hydrogen) atoms. The molecule has 6 nitrogen and oxygen atoms in total. The first-order chi connectivity index (χ1) is 9.61. The van der Waals surface area contributed by atoms with Crippen molar-refractivity contribution in [2.45, 2.75) is 44.2 Å². The summed E-state index contributed by atoms with van der Waals surface area (Å²) in [6.07, 6.45) is 7.63. The third kappa shape index (κ3) is 3.50. The van der Waals surface area contributed by atoms with E-state index in [9.17, 15) is 14.7 Å². The maximum Gasteiger partial charge on any atom is 0.318 e. The van der Waals surface area contributed by atoms with Crippen LogP contribution in [0, 0.1) is 5.92 Å². The van der Waals surface area contributed by atoms with Crippen LogP contribution in [0.5, 0.6) is 0 Å². The van der Waals surface area contributed by atoms with E-state index in [0.29, 0.717) is 13.0 Å². The van der Waals surface area contributed by atoms with Crippen LogP contribution in [0.2, 0.25) is 0 Å². The number of urea groups is 1. The fourth-order valence-corrected chi connectivity index (χ4v) is 2.87. The number of amides is 2. The first-order valence-corrected chi connectivity index (χ1v) is 7.21. The summed E-state index contributed by atoms with van der Waals surface area (Å²) in [5.74, 6) is -1.38. The number of nitrogens with one attached hydrogen (secondary N) is 1. The summed E-state index contributed by atoms with van der Waals surface area (Å²) in [6.45, 7) is 0.627. The Morgan fingerprint density at radius 1 is 1.25 bits per heavy atom. The Labute approximate surface area is 118 Å². The van der Waals surface area contributed by atoms with Crippen LogP contribution in [0.25, 0.3) is 0 Å². The van der Waals surface area contributed by atoms with Crippen molar-refractivity contribution in [1.82, 2.24) is 10.2 Å². The quantitative estimate of drug-likeness (QED) is 0.673. The van der Waals surface area contributed by atoms with Crippen molar-refractivity contribution in [3.8, 4) is 0 Å².